The normalized spacial score (nSPS) is 10.8. The Kier molecular flexibility index (Phi) is 5.89. The Bertz CT molecular complexity index is 1250. The van der Waals surface area contributed by atoms with E-state index in [1.165, 1.54) is 0 Å². The maximum atomic E-state index is 11.3. The first-order valence-corrected chi connectivity index (χ1v) is 10.2. The van der Waals surface area contributed by atoms with Gasteiger partial charge in [0.05, 0.1) is 30.4 Å². The monoisotopic (exact) mass is 415 g/mol. The fraction of sp³-hybridized carbons (Fsp3) is 0.200. The molecule has 0 aliphatic carbocycles. The molecule has 0 spiro atoms. The molecule has 0 fully saturated rings. The summed E-state index contributed by atoms with van der Waals surface area (Å²) in [5, 5.41) is 8.08. The number of amides is 1. The van der Waals surface area contributed by atoms with Gasteiger partial charge in [0.2, 0.25) is 0 Å². The number of hydrogen-bond acceptors (Lipinski definition) is 5. The van der Waals surface area contributed by atoms with Gasteiger partial charge in [-0.2, -0.15) is 0 Å². The number of nitrogens with zero attached hydrogens (tertiary/aromatic N) is 1. The number of alkyl carbamates (subject to hydrolysis) is 1. The van der Waals surface area contributed by atoms with E-state index < -0.39 is 6.09 Å². The van der Waals surface area contributed by atoms with E-state index in [4.69, 9.17) is 14.5 Å². The van der Waals surface area contributed by atoms with Crippen LogP contribution in [0.25, 0.3) is 21.8 Å². The summed E-state index contributed by atoms with van der Waals surface area (Å²) in [6.07, 6.45) is 0.210. The zero-order valence-corrected chi connectivity index (χ0v) is 17.9. The summed E-state index contributed by atoms with van der Waals surface area (Å²) in [6.45, 7) is 2.39. The van der Waals surface area contributed by atoms with Gasteiger partial charge in [-0.25, -0.2) is 9.78 Å². The number of hydrogen-bond donors (Lipinski definition) is 2. The minimum absolute atomic E-state index is 0.320. The van der Waals surface area contributed by atoms with Crippen molar-refractivity contribution in [2.45, 2.75) is 13.3 Å². The lowest BCUT2D eigenvalue weighted by Crippen LogP contribution is -2.20. The number of aromatic nitrogens is 1. The first-order valence-electron chi connectivity index (χ1n) is 10.2. The zero-order valence-electron chi connectivity index (χ0n) is 17.9. The van der Waals surface area contributed by atoms with Gasteiger partial charge in [-0.15, -0.1) is 0 Å². The summed E-state index contributed by atoms with van der Waals surface area (Å²) >= 11 is 0. The van der Waals surface area contributed by atoms with Gasteiger partial charge in [0.15, 0.2) is 0 Å². The van der Waals surface area contributed by atoms with Gasteiger partial charge >= 0.3 is 6.09 Å². The van der Waals surface area contributed by atoms with Crippen molar-refractivity contribution in [1.29, 1.82) is 0 Å². The van der Waals surface area contributed by atoms with E-state index >= 15 is 0 Å². The van der Waals surface area contributed by atoms with Crippen molar-refractivity contribution in [2.75, 3.05) is 26.1 Å². The van der Waals surface area contributed by atoms with Crippen LogP contribution >= 0.6 is 0 Å². The second-order valence-electron chi connectivity index (χ2n) is 7.35. The Labute approximate surface area is 181 Å². The van der Waals surface area contributed by atoms with Crippen molar-refractivity contribution in [1.82, 2.24) is 10.3 Å². The van der Waals surface area contributed by atoms with Gasteiger partial charge in [0.1, 0.15) is 5.75 Å². The number of aryl methyl sites for hydroxylation is 1. The third-order valence-corrected chi connectivity index (χ3v) is 5.16. The minimum Gasteiger partial charge on any atom is -0.497 e. The summed E-state index contributed by atoms with van der Waals surface area (Å²) in [5.74, 6) is 0.781. The number of carbonyl (C=O) groups is 1. The molecule has 158 valence electrons. The van der Waals surface area contributed by atoms with Gasteiger partial charge < -0.3 is 20.1 Å². The summed E-state index contributed by atoms with van der Waals surface area (Å²) in [4.78, 5) is 16.1. The Morgan fingerprint density at radius 3 is 2.68 bits per heavy atom. The summed E-state index contributed by atoms with van der Waals surface area (Å²) in [5.41, 5.74) is 6.01. The van der Waals surface area contributed by atoms with Crippen LogP contribution in [0.5, 0.6) is 5.75 Å². The number of ether oxygens (including phenoxy) is 2. The number of pyridine rings is 1. The molecule has 3 aromatic carbocycles. The molecule has 1 amide bonds. The van der Waals surface area contributed by atoms with E-state index in [0.29, 0.717) is 13.0 Å². The fourth-order valence-corrected chi connectivity index (χ4v) is 3.58. The van der Waals surface area contributed by atoms with E-state index in [1.54, 1.807) is 14.2 Å². The molecule has 0 atom stereocenters. The van der Waals surface area contributed by atoms with Gasteiger partial charge in [-0.1, -0.05) is 24.3 Å². The minimum atomic E-state index is -0.423. The van der Waals surface area contributed by atoms with Crippen LogP contribution in [0.3, 0.4) is 0 Å². The highest BCUT2D eigenvalue weighted by Crippen LogP contribution is 2.35. The van der Waals surface area contributed by atoms with Gasteiger partial charge in [0.25, 0.3) is 0 Å². The van der Waals surface area contributed by atoms with E-state index in [2.05, 4.69) is 41.8 Å². The molecular formula is C25H25N3O3. The first kappa shape index (κ1) is 20.5. The third-order valence-electron chi connectivity index (χ3n) is 5.16. The molecule has 1 aromatic heterocycles. The van der Waals surface area contributed by atoms with Crippen molar-refractivity contribution >= 4 is 39.3 Å². The third kappa shape index (κ3) is 4.53. The molecule has 4 aromatic rings. The van der Waals surface area contributed by atoms with Crippen molar-refractivity contribution in [2.24, 2.45) is 0 Å². The molecule has 0 bridgehead atoms. The SMILES string of the molecule is CNC(=O)OCCc1cccc(Nc2c3ccc(C)cc3nc3ccc(OC)cc23)c1. The Morgan fingerprint density at radius 2 is 1.87 bits per heavy atom. The molecule has 0 aliphatic rings. The number of rotatable bonds is 6. The lowest BCUT2D eigenvalue weighted by atomic mass is 10.0. The van der Waals surface area contributed by atoms with Crippen LogP contribution in [-0.4, -0.2) is 31.8 Å². The first-order chi connectivity index (χ1) is 15.1. The molecule has 2 N–H and O–H groups in total. The highest BCUT2D eigenvalue weighted by atomic mass is 16.5. The van der Waals surface area contributed by atoms with Crippen LogP contribution in [0.2, 0.25) is 0 Å². The van der Waals surface area contributed by atoms with Crippen molar-refractivity contribution in [3.63, 3.8) is 0 Å². The molecule has 0 saturated heterocycles. The topological polar surface area (TPSA) is 72.5 Å². The lowest BCUT2D eigenvalue weighted by molar-refractivity contribution is 0.150. The molecule has 0 radical (unpaired) electrons. The quantitative estimate of drug-likeness (QED) is 0.416. The largest absolute Gasteiger partial charge is 0.497 e. The van der Waals surface area contributed by atoms with Crippen molar-refractivity contribution in [3.8, 4) is 5.75 Å². The summed E-state index contributed by atoms with van der Waals surface area (Å²) in [7, 11) is 3.21. The van der Waals surface area contributed by atoms with Crippen LogP contribution < -0.4 is 15.4 Å². The smallest absolute Gasteiger partial charge is 0.406 e. The van der Waals surface area contributed by atoms with Crippen LogP contribution in [0.15, 0.2) is 60.7 Å². The summed E-state index contributed by atoms with van der Waals surface area (Å²) < 4.78 is 10.6. The molecule has 0 saturated carbocycles. The van der Waals surface area contributed by atoms with Gasteiger partial charge in [0, 0.05) is 29.9 Å². The number of fused-ring (bicyclic) bond motifs is 2. The highest BCUT2D eigenvalue weighted by molar-refractivity contribution is 6.09. The standard InChI is InChI=1S/C25H25N3O3/c1-16-7-9-20-23(13-16)28-22-10-8-19(30-3)15-21(22)24(20)27-18-6-4-5-17(14-18)11-12-31-25(29)26-2/h4-10,13-15H,11-12H2,1-3H3,(H,26,29)(H,27,28). The Hall–Kier alpha value is -3.80. The van der Waals surface area contributed by atoms with Crippen molar-refractivity contribution in [3.05, 3.63) is 71.8 Å². The molecule has 0 unspecified atom stereocenters. The number of benzene rings is 3. The second kappa shape index (κ2) is 8.92. The van der Waals surface area contributed by atoms with E-state index in [1.807, 2.05) is 36.4 Å². The van der Waals surface area contributed by atoms with E-state index in [-0.39, 0.29) is 0 Å². The van der Waals surface area contributed by atoms with Crippen LogP contribution in [0, 0.1) is 6.92 Å². The molecule has 1 heterocycles. The average molecular weight is 415 g/mol. The number of carbonyl (C=O) groups excluding carboxylic acids is 1. The van der Waals surface area contributed by atoms with Crippen LogP contribution in [0.1, 0.15) is 11.1 Å². The van der Waals surface area contributed by atoms with E-state index in [9.17, 15) is 4.79 Å². The van der Waals surface area contributed by atoms with Crippen LogP contribution in [0.4, 0.5) is 16.2 Å². The molecule has 4 rings (SSSR count). The fourth-order valence-electron chi connectivity index (χ4n) is 3.58. The number of methoxy groups -OCH3 is 1. The predicted molar refractivity (Wildman–Crippen MR) is 124 cm³/mol. The maximum absolute atomic E-state index is 11.3. The maximum Gasteiger partial charge on any atom is 0.406 e. The lowest BCUT2D eigenvalue weighted by Gasteiger charge is -2.15. The molecule has 6 nitrogen and oxygen atoms in total. The molecule has 31 heavy (non-hydrogen) atoms. The highest BCUT2D eigenvalue weighted by Gasteiger charge is 2.11. The summed E-state index contributed by atoms with van der Waals surface area (Å²) in [6, 6.07) is 20.3. The second-order valence-corrected chi connectivity index (χ2v) is 7.35. The molecule has 6 heteroatoms. The molecular weight excluding hydrogens is 390 g/mol. The van der Waals surface area contributed by atoms with Crippen molar-refractivity contribution < 1.29 is 14.3 Å². The zero-order chi connectivity index (χ0) is 21.8. The van der Waals surface area contributed by atoms with Gasteiger partial charge in [-0.05, 0) is 54.4 Å². The number of anilines is 2. The molecule has 0 aliphatic heterocycles. The predicted octanol–water partition coefficient (Wildman–Crippen LogP) is 5.35. The van der Waals surface area contributed by atoms with Crippen LogP contribution in [-0.2, 0) is 11.2 Å². The van der Waals surface area contributed by atoms with Gasteiger partial charge in [-0.3, -0.25) is 0 Å². The Balaban J connectivity index is 1.73. The number of nitrogens with one attached hydrogen (secondary N) is 2. The average Bonchev–Trinajstić information content (AvgIpc) is 2.78. The Morgan fingerprint density at radius 1 is 1.00 bits per heavy atom. The van der Waals surface area contributed by atoms with E-state index in [0.717, 1.165) is 50.1 Å².